The van der Waals surface area contributed by atoms with Crippen molar-refractivity contribution in [3.63, 3.8) is 0 Å². The molecular formula is C7H10O4. The molecule has 0 bridgehead atoms. The lowest BCUT2D eigenvalue weighted by molar-refractivity contribution is -0.151. The Morgan fingerprint density at radius 2 is 2.45 bits per heavy atom. The number of rotatable bonds is 1. The van der Waals surface area contributed by atoms with Gasteiger partial charge >= 0.3 is 5.97 Å². The Morgan fingerprint density at radius 1 is 1.82 bits per heavy atom. The Kier molecular flexibility index (Phi) is 1.97. The van der Waals surface area contributed by atoms with E-state index in [2.05, 4.69) is 4.74 Å². The molecule has 0 aliphatic carbocycles. The normalized spacial score (nSPS) is 38.1. The summed E-state index contributed by atoms with van der Waals surface area (Å²) in [5.41, 5.74) is -1.82. The first-order valence-electron chi connectivity index (χ1n) is 3.33. The Balaban J connectivity index is 2.88. The maximum atomic E-state index is 10.8. The number of cyclic esters (lactones) is 1. The second-order valence-electron chi connectivity index (χ2n) is 2.44. The van der Waals surface area contributed by atoms with Crippen molar-refractivity contribution < 1.29 is 19.7 Å². The van der Waals surface area contributed by atoms with Crippen molar-refractivity contribution in [1.82, 2.24) is 0 Å². The molecule has 1 heterocycles. The van der Waals surface area contributed by atoms with Gasteiger partial charge in [0.25, 0.3) is 0 Å². The molecule has 1 aliphatic heterocycles. The number of ether oxygens (including phenoxy) is 1. The van der Waals surface area contributed by atoms with Crippen LogP contribution >= 0.6 is 0 Å². The highest BCUT2D eigenvalue weighted by Gasteiger charge is 2.48. The number of aliphatic hydroxyl groups excluding tert-OH is 1. The van der Waals surface area contributed by atoms with E-state index in [4.69, 9.17) is 5.11 Å². The van der Waals surface area contributed by atoms with Crippen LogP contribution in [-0.4, -0.2) is 34.5 Å². The van der Waals surface area contributed by atoms with Crippen molar-refractivity contribution in [2.24, 2.45) is 0 Å². The van der Waals surface area contributed by atoms with Crippen LogP contribution in [0.4, 0.5) is 0 Å². The highest BCUT2D eigenvalue weighted by atomic mass is 16.6. The van der Waals surface area contributed by atoms with Crippen LogP contribution in [0.25, 0.3) is 0 Å². The molecule has 1 fully saturated rings. The molecule has 2 atom stereocenters. The average Bonchev–Trinajstić information content (AvgIpc) is 2.19. The highest BCUT2D eigenvalue weighted by molar-refractivity contribution is 5.84. The van der Waals surface area contributed by atoms with Gasteiger partial charge in [0.1, 0.15) is 12.7 Å². The Morgan fingerprint density at radius 3 is 2.82 bits per heavy atom. The van der Waals surface area contributed by atoms with Crippen LogP contribution in [0.5, 0.6) is 0 Å². The van der Waals surface area contributed by atoms with Crippen LogP contribution in [0.2, 0.25) is 0 Å². The van der Waals surface area contributed by atoms with E-state index in [9.17, 15) is 9.90 Å². The first kappa shape index (κ1) is 8.23. The van der Waals surface area contributed by atoms with Crippen LogP contribution in [0.15, 0.2) is 12.2 Å². The van der Waals surface area contributed by atoms with Gasteiger partial charge in [0, 0.05) is 0 Å². The maximum Gasteiger partial charge on any atom is 0.345 e. The monoisotopic (exact) mass is 158 g/mol. The minimum Gasteiger partial charge on any atom is -0.460 e. The smallest absolute Gasteiger partial charge is 0.345 e. The zero-order valence-electron chi connectivity index (χ0n) is 6.15. The summed E-state index contributed by atoms with van der Waals surface area (Å²) in [5.74, 6) is -0.789. The second-order valence-corrected chi connectivity index (χ2v) is 2.44. The lowest BCUT2D eigenvalue weighted by Gasteiger charge is -2.15. The summed E-state index contributed by atoms with van der Waals surface area (Å²) in [5, 5.41) is 18.5. The molecule has 0 aromatic heterocycles. The van der Waals surface area contributed by atoms with Gasteiger partial charge < -0.3 is 14.9 Å². The highest BCUT2D eigenvalue weighted by Crippen LogP contribution is 2.21. The first-order valence-corrected chi connectivity index (χ1v) is 3.33. The third-order valence-corrected chi connectivity index (χ3v) is 1.63. The van der Waals surface area contributed by atoms with E-state index < -0.39 is 17.7 Å². The molecule has 4 heteroatoms. The Bertz CT molecular complexity index is 199. The third kappa shape index (κ3) is 1.15. The fourth-order valence-electron chi connectivity index (χ4n) is 0.967. The summed E-state index contributed by atoms with van der Waals surface area (Å²) in [6.07, 6.45) is 1.58. The van der Waals surface area contributed by atoms with E-state index in [-0.39, 0.29) is 6.61 Å². The molecule has 11 heavy (non-hydrogen) atoms. The number of hydrogen-bond donors (Lipinski definition) is 2. The van der Waals surface area contributed by atoms with E-state index in [0.717, 1.165) is 0 Å². The molecule has 1 aliphatic rings. The van der Waals surface area contributed by atoms with Gasteiger partial charge in [-0.15, -0.1) is 0 Å². The van der Waals surface area contributed by atoms with Crippen molar-refractivity contribution >= 4 is 5.97 Å². The van der Waals surface area contributed by atoms with Gasteiger partial charge in [0.05, 0.1) is 0 Å². The van der Waals surface area contributed by atoms with Gasteiger partial charge in [0.15, 0.2) is 0 Å². The van der Waals surface area contributed by atoms with Crippen molar-refractivity contribution in [3.05, 3.63) is 12.2 Å². The number of allylic oxidation sites excluding steroid dienone is 1. The van der Waals surface area contributed by atoms with Gasteiger partial charge in [-0.3, -0.25) is 0 Å². The minimum absolute atomic E-state index is 0.139. The van der Waals surface area contributed by atoms with Crippen LogP contribution in [-0.2, 0) is 9.53 Å². The van der Waals surface area contributed by atoms with Crippen LogP contribution in [0.3, 0.4) is 0 Å². The molecule has 62 valence electrons. The quantitative estimate of drug-likeness (QED) is 0.387. The summed E-state index contributed by atoms with van der Waals surface area (Å²) in [7, 11) is 0. The molecular weight excluding hydrogens is 148 g/mol. The molecule has 4 nitrogen and oxygen atoms in total. The fraction of sp³-hybridized carbons (Fsp3) is 0.571. The van der Waals surface area contributed by atoms with Crippen molar-refractivity contribution in [2.45, 2.75) is 18.6 Å². The zero-order valence-corrected chi connectivity index (χ0v) is 6.15. The predicted octanol–water partition coefficient (Wildman–Crippen LogP) is -0.789. The van der Waals surface area contributed by atoms with Crippen molar-refractivity contribution in [2.75, 3.05) is 6.61 Å². The fourth-order valence-corrected chi connectivity index (χ4v) is 0.967. The summed E-state index contributed by atoms with van der Waals surface area (Å²) in [4.78, 5) is 10.8. The summed E-state index contributed by atoms with van der Waals surface area (Å²) < 4.78 is 4.44. The standard InChI is InChI=1S/C7H10O4/c1-2-3-7(10)5(8)4-11-6(7)9/h2-3,5,8,10H,4H2,1H3/b3-2+. The topological polar surface area (TPSA) is 66.8 Å². The molecule has 0 aromatic carbocycles. The number of carbonyl (C=O) groups excluding carboxylic acids is 1. The van der Waals surface area contributed by atoms with Crippen molar-refractivity contribution in [3.8, 4) is 0 Å². The molecule has 1 saturated heterocycles. The molecule has 0 radical (unpaired) electrons. The molecule has 0 saturated carbocycles. The summed E-state index contributed by atoms with van der Waals surface area (Å²) in [6, 6.07) is 0. The SMILES string of the molecule is C/C=C/C1(O)C(=O)OCC1O. The first-order chi connectivity index (χ1) is 5.11. The summed E-state index contributed by atoms with van der Waals surface area (Å²) >= 11 is 0. The number of carbonyl (C=O) groups is 1. The van der Waals surface area contributed by atoms with Gasteiger partial charge in [-0.2, -0.15) is 0 Å². The molecule has 0 amide bonds. The molecule has 2 N–H and O–H groups in total. The van der Waals surface area contributed by atoms with Gasteiger partial charge in [-0.25, -0.2) is 4.79 Å². The van der Waals surface area contributed by atoms with E-state index in [1.807, 2.05) is 0 Å². The molecule has 0 spiro atoms. The lowest BCUT2D eigenvalue weighted by Crippen LogP contribution is -2.42. The molecule has 2 unspecified atom stereocenters. The number of hydrogen-bond acceptors (Lipinski definition) is 4. The minimum atomic E-state index is -1.82. The second kappa shape index (κ2) is 2.64. The third-order valence-electron chi connectivity index (χ3n) is 1.63. The van der Waals surface area contributed by atoms with Crippen LogP contribution in [0, 0.1) is 0 Å². The zero-order chi connectivity index (χ0) is 8.48. The number of aliphatic hydroxyl groups is 2. The Labute approximate surface area is 64.1 Å². The Hall–Kier alpha value is -0.870. The van der Waals surface area contributed by atoms with Crippen LogP contribution < -0.4 is 0 Å². The molecule has 0 aromatic rings. The van der Waals surface area contributed by atoms with Gasteiger partial charge in [-0.1, -0.05) is 6.08 Å². The summed E-state index contributed by atoms with van der Waals surface area (Å²) in [6.45, 7) is 1.51. The van der Waals surface area contributed by atoms with Gasteiger partial charge in [0.2, 0.25) is 5.60 Å². The van der Waals surface area contributed by atoms with E-state index in [0.29, 0.717) is 0 Å². The van der Waals surface area contributed by atoms with Crippen LogP contribution in [0.1, 0.15) is 6.92 Å². The van der Waals surface area contributed by atoms with Crippen molar-refractivity contribution in [1.29, 1.82) is 0 Å². The lowest BCUT2D eigenvalue weighted by atomic mass is 9.99. The van der Waals surface area contributed by atoms with E-state index >= 15 is 0 Å². The van der Waals surface area contributed by atoms with E-state index in [1.165, 1.54) is 12.2 Å². The number of esters is 1. The van der Waals surface area contributed by atoms with E-state index in [1.54, 1.807) is 6.92 Å². The maximum absolute atomic E-state index is 10.8. The molecule has 1 rings (SSSR count). The van der Waals surface area contributed by atoms with Gasteiger partial charge in [-0.05, 0) is 13.0 Å². The predicted molar refractivity (Wildman–Crippen MR) is 36.7 cm³/mol. The largest absolute Gasteiger partial charge is 0.460 e. The average molecular weight is 158 g/mol.